The number of aryl methyl sites for hydroxylation is 1. The van der Waals surface area contributed by atoms with E-state index in [9.17, 15) is 14.4 Å². The molecular weight excluding hydrogens is 533 g/mol. The standard InChI is InChI=1S/C24H21Cl2N9O3/c1-3-7-33(22(36)14-9-16(25)31-32-19(14)26)17-11-27-15(10-28-17)20-29-18-21(30-20)34(8-4-2)24(38)35(23(18)37)12-13-5-6-13/h1,9-11,13H,4-8,12H2,2H3,(H,29,30). The van der Waals surface area contributed by atoms with Crippen LogP contribution in [0.4, 0.5) is 5.82 Å². The van der Waals surface area contributed by atoms with Gasteiger partial charge in [0, 0.05) is 13.1 Å². The summed E-state index contributed by atoms with van der Waals surface area (Å²) in [4.78, 5) is 56.7. The van der Waals surface area contributed by atoms with Crippen molar-refractivity contribution in [2.24, 2.45) is 5.92 Å². The van der Waals surface area contributed by atoms with Crippen molar-refractivity contribution in [1.82, 2.24) is 39.3 Å². The van der Waals surface area contributed by atoms with Crippen molar-refractivity contribution < 1.29 is 4.79 Å². The number of aromatic nitrogens is 8. The molecule has 14 heteroatoms. The van der Waals surface area contributed by atoms with Gasteiger partial charge >= 0.3 is 5.69 Å². The first kappa shape index (κ1) is 25.6. The number of aromatic amines is 1. The Kier molecular flexibility index (Phi) is 6.96. The van der Waals surface area contributed by atoms with Crippen molar-refractivity contribution in [3.8, 4) is 23.9 Å². The number of halogens is 2. The minimum Gasteiger partial charge on any atom is -0.331 e. The Bertz CT molecular complexity index is 1700. The average Bonchev–Trinajstić information content (AvgIpc) is 3.63. The van der Waals surface area contributed by atoms with E-state index >= 15 is 0 Å². The van der Waals surface area contributed by atoms with Gasteiger partial charge in [-0.25, -0.2) is 19.7 Å². The van der Waals surface area contributed by atoms with E-state index in [4.69, 9.17) is 29.6 Å². The lowest BCUT2D eigenvalue weighted by molar-refractivity contribution is 0.0989. The molecule has 12 nitrogen and oxygen atoms in total. The van der Waals surface area contributed by atoms with E-state index in [-0.39, 0.29) is 50.9 Å². The highest BCUT2D eigenvalue weighted by molar-refractivity contribution is 6.34. The average molecular weight is 554 g/mol. The molecule has 0 bridgehead atoms. The van der Waals surface area contributed by atoms with Gasteiger partial charge in [0.25, 0.3) is 11.5 Å². The molecule has 38 heavy (non-hydrogen) atoms. The van der Waals surface area contributed by atoms with Gasteiger partial charge in [-0.3, -0.25) is 23.6 Å². The van der Waals surface area contributed by atoms with E-state index in [1.807, 2.05) is 6.92 Å². The van der Waals surface area contributed by atoms with Crippen LogP contribution < -0.4 is 16.1 Å². The Hall–Kier alpha value is -4.08. The molecule has 0 spiro atoms. The number of imidazole rings is 1. The van der Waals surface area contributed by atoms with Crippen molar-refractivity contribution in [3.63, 3.8) is 0 Å². The van der Waals surface area contributed by atoms with Crippen LogP contribution in [0.5, 0.6) is 0 Å². The van der Waals surface area contributed by atoms with Gasteiger partial charge in [0.2, 0.25) is 0 Å². The molecule has 1 saturated carbocycles. The minimum absolute atomic E-state index is 0.00134. The zero-order valence-corrected chi connectivity index (χ0v) is 21.7. The largest absolute Gasteiger partial charge is 0.332 e. The molecule has 4 heterocycles. The Labute approximate surface area is 225 Å². The summed E-state index contributed by atoms with van der Waals surface area (Å²) in [6, 6.07) is 1.28. The molecule has 1 amide bonds. The third kappa shape index (κ3) is 4.78. The Morgan fingerprint density at radius 1 is 1.21 bits per heavy atom. The number of carbonyl (C=O) groups excluding carboxylic acids is 1. The van der Waals surface area contributed by atoms with Crippen LogP contribution in [0.25, 0.3) is 22.7 Å². The van der Waals surface area contributed by atoms with E-state index in [2.05, 4.69) is 36.1 Å². The molecule has 5 rings (SSSR count). The Morgan fingerprint density at radius 2 is 2.00 bits per heavy atom. The summed E-state index contributed by atoms with van der Waals surface area (Å²) in [7, 11) is 0. The highest BCUT2D eigenvalue weighted by Crippen LogP contribution is 2.30. The highest BCUT2D eigenvalue weighted by Gasteiger charge is 2.26. The summed E-state index contributed by atoms with van der Waals surface area (Å²) in [6.45, 7) is 2.62. The summed E-state index contributed by atoms with van der Waals surface area (Å²) in [6.07, 6.45) is 10.9. The van der Waals surface area contributed by atoms with Gasteiger partial charge in [-0.1, -0.05) is 36.0 Å². The first-order chi connectivity index (χ1) is 18.3. The number of nitrogens with one attached hydrogen (secondary N) is 1. The maximum absolute atomic E-state index is 13.1. The van der Waals surface area contributed by atoms with Crippen LogP contribution in [0.2, 0.25) is 10.3 Å². The van der Waals surface area contributed by atoms with E-state index < -0.39 is 11.5 Å². The number of hydrogen-bond acceptors (Lipinski definition) is 8. The van der Waals surface area contributed by atoms with Crippen LogP contribution in [0.1, 0.15) is 36.5 Å². The topological polar surface area (TPSA) is 145 Å². The number of nitrogens with zero attached hydrogens (tertiary/aromatic N) is 8. The van der Waals surface area contributed by atoms with Crippen molar-refractivity contribution in [2.45, 2.75) is 39.3 Å². The fourth-order valence-electron chi connectivity index (χ4n) is 4.01. The van der Waals surface area contributed by atoms with E-state index in [0.29, 0.717) is 31.1 Å². The number of carbonyl (C=O) groups is 1. The molecule has 0 radical (unpaired) electrons. The van der Waals surface area contributed by atoms with Gasteiger partial charge in [-0.05, 0) is 31.2 Å². The third-order valence-electron chi connectivity index (χ3n) is 6.05. The lowest BCUT2D eigenvalue weighted by Crippen LogP contribution is -2.40. The molecule has 0 saturated heterocycles. The summed E-state index contributed by atoms with van der Waals surface area (Å²) >= 11 is 11.9. The van der Waals surface area contributed by atoms with Gasteiger partial charge in [0.15, 0.2) is 27.6 Å². The van der Waals surface area contributed by atoms with Crippen LogP contribution >= 0.6 is 23.2 Å². The highest BCUT2D eigenvalue weighted by atomic mass is 35.5. The number of terminal acetylenes is 1. The van der Waals surface area contributed by atoms with E-state index in [0.717, 1.165) is 12.8 Å². The predicted molar refractivity (Wildman–Crippen MR) is 141 cm³/mol. The zero-order valence-electron chi connectivity index (χ0n) is 20.2. The van der Waals surface area contributed by atoms with Crippen molar-refractivity contribution >= 4 is 46.1 Å². The Morgan fingerprint density at radius 3 is 2.66 bits per heavy atom. The van der Waals surface area contributed by atoms with Gasteiger partial charge < -0.3 is 4.98 Å². The van der Waals surface area contributed by atoms with Crippen molar-refractivity contribution in [3.05, 3.63) is 55.2 Å². The summed E-state index contributed by atoms with van der Waals surface area (Å²) in [5.41, 5.74) is -0.00532. The van der Waals surface area contributed by atoms with Crippen LogP contribution in [0, 0.1) is 18.3 Å². The molecule has 194 valence electrons. The molecule has 4 aromatic heterocycles. The molecule has 0 unspecified atom stereocenters. The van der Waals surface area contributed by atoms with Crippen LogP contribution in [0.3, 0.4) is 0 Å². The maximum Gasteiger partial charge on any atom is 0.332 e. The first-order valence-corrected chi connectivity index (χ1v) is 12.6. The van der Waals surface area contributed by atoms with E-state index in [1.54, 1.807) is 0 Å². The van der Waals surface area contributed by atoms with Crippen LogP contribution in [0.15, 0.2) is 28.0 Å². The molecule has 0 aromatic carbocycles. The lowest BCUT2D eigenvalue weighted by Gasteiger charge is -2.19. The van der Waals surface area contributed by atoms with Crippen LogP contribution in [-0.4, -0.2) is 51.7 Å². The quantitative estimate of drug-likeness (QED) is 0.327. The van der Waals surface area contributed by atoms with Crippen LogP contribution in [-0.2, 0) is 13.1 Å². The number of hydrogen-bond donors (Lipinski definition) is 1. The number of H-pyrrole nitrogens is 1. The molecular formula is C24H21Cl2N9O3. The molecule has 0 atom stereocenters. The second-order valence-corrected chi connectivity index (χ2v) is 9.55. The normalized spacial score (nSPS) is 13.0. The smallest absolute Gasteiger partial charge is 0.331 e. The summed E-state index contributed by atoms with van der Waals surface area (Å²) in [5.74, 6) is 2.56. The van der Waals surface area contributed by atoms with Crippen molar-refractivity contribution in [1.29, 1.82) is 0 Å². The Balaban J connectivity index is 1.52. The minimum atomic E-state index is -0.588. The van der Waals surface area contributed by atoms with Gasteiger partial charge in [-0.15, -0.1) is 16.6 Å². The third-order valence-corrected chi connectivity index (χ3v) is 6.51. The van der Waals surface area contributed by atoms with E-state index in [1.165, 1.54) is 32.5 Å². The maximum atomic E-state index is 13.1. The second kappa shape index (κ2) is 10.4. The number of fused-ring (bicyclic) bond motifs is 1. The van der Waals surface area contributed by atoms with Crippen molar-refractivity contribution in [2.75, 3.05) is 11.4 Å². The zero-order chi connectivity index (χ0) is 27.0. The molecule has 1 aliphatic rings. The molecule has 1 N–H and O–H groups in total. The number of rotatable bonds is 8. The van der Waals surface area contributed by atoms with Gasteiger partial charge in [0.1, 0.15) is 11.2 Å². The SMILES string of the molecule is C#CCN(C(=O)c1cc(Cl)nnc1Cl)c1cnc(-c2nc3c([nH]2)c(=O)n(CC2CC2)c(=O)n3CCC)cn1. The lowest BCUT2D eigenvalue weighted by atomic mass is 10.2. The predicted octanol–water partition coefficient (Wildman–Crippen LogP) is 2.54. The molecule has 1 aliphatic carbocycles. The van der Waals surface area contributed by atoms with Gasteiger partial charge in [0.05, 0.1) is 24.5 Å². The first-order valence-electron chi connectivity index (χ1n) is 11.8. The molecule has 0 aliphatic heterocycles. The van der Waals surface area contributed by atoms with Gasteiger partial charge in [-0.2, -0.15) is 0 Å². The fraction of sp³-hybridized carbons (Fsp3) is 0.333. The monoisotopic (exact) mass is 553 g/mol. The summed E-state index contributed by atoms with van der Waals surface area (Å²) in [5, 5.41) is 7.11. The number of anilines is 1. The summed E-state index contributed by atoms with van der Waals surface area (Å²) < 4.78 is 2.78. The number of amides is 1. The molecule has 1 fully saturated rings. The second-order valence-electron chi connectivity index (χ2n) is 8.80. The fourth-order valence-corrected chi connectivity index (χ4v) is 4.33. The molecule has 4 aromatic rings.